The molecular formula is C18H22ClFN4O2. The molecule has 1 aromatic heterocycles. The van der Waals surface area contributed by atoms with Gasteiger partial charge in [0.15, 0.2) is 11.6 Å². The molecule has 0 spiro atoms. The number of aromatic nitrogens is 2. The molecule has 0 saturated carbocycles. The minimum absolute atomic E-state index is 0. The molecule has 2 aromatic rings. The minimum Gasteiger partial charge on any atom is -0.490 e. The van der Waals surface area contributed by atoms with E-state index in [0.29, 0.717) is 25.1 Å². The fourth-order valence-corrected chi connectivity index (χ4v) is 3.75. The van der Waals surface area contributed by atoms with Crippen LogP contribution in [0.25, 0.3) is 0 Å². The van der Waals surface area contributed by atoms with Crippen LogP contribution >= 0.6 is 12.4 Å². The largest absolute Gasteiger partial charge is 0.490 e. The van der Waals surface area contributed by atoms with Gasteiger partial charge in [-0.25, -0.2) is 4.39 Å². The van der Waals surface area contributed by atoms with Crippen LogP contribution in [0.3, 0.4) is 0 Å². The molecule has 1 amide bonds. The maximum Gasteiger partial charge on any atom is 0.225 e. The number of carbonyl (C=O) groups excluding carboxylic acids is 1. The van der Waals surface area contributed by atoms with Gasteiger partial charge in [0.2, 0.25) is 5.91 Å². The zero-order chi connectivity index (χ0) is 17.4. The van der Waals surface area contributed by atoms with E-state index in [-0.39, 0.29) is 47.8 Å². The first-order chi connectivity index (χ1) is 12.1. The molecule has 8 heteroatoms. The maximum atomic E-state index is 13.9. The molecule has 0 unspecified atom stereocenters. The summed E-state index contributed by atoms with van der Waals surface area (Å²) in [5.41, 5.74) is 1.77. The van der Waals surface area contributed by atoms with Gasteiger partial charge < -0.3 is 15.4 Å². The minimum atomic E-state index is -0.382. The number of rotatable bonds is 3. The zero-order valence-corrected chi connectivity index (χ0v) is 15.3. The number of halogens is 2. The molecule has 2 N–H and O–H groups in total. The smallest absolute Gasteiger partial charge is 0.225 e. The van der Waals surface area contributed by atoms with Gasteiger partial charge >= 0.3 is 0 Å². The summed E-state index contributed by atoms with van der Waals surface area (Å²) in [7, 11) is 1.87. The molecule has 0 radical (unpaired) electrons. The molecule has 1 aromatic carbocycles. The molecule has 4 rings (SSSR count). The predicted octanol–water partition coefficient (Wildman–Crippen LogP) is 1.92. The van der Waals surface area contributed by atoms with E-state index < -0.39 is 0 Å². The van der Waals surface area contributed by atoms with Gasteiger partial charge in [-0.15, -0.1) is 12.4 Å². The summed E-state index contributed by atoms with van der Waals surface area (Å²) in [6.07, 6.45) is 4.41. The lowest BCUT2D eigenvalue weighted by molar-refractivity contribution is -0.125. The number of amides is 1. The summed E-state index contributed by atoms with van der Waals surface area (Å²) in [6, 6.07) is 4.62. The SMILES string of the molecule is Cl.Cn1cc([C@H]2CNC[C@@H]2C(=O)N[C@@H]2CCOc3c(F)cccc32)cn1. The Balaban J connectivity index is 0.00000196. The molecule has 0 bridgehead atoms. The van der Waals surface area contributed by atoms with E-state index in [2.05, 4.69) is 15.7 Å². The van der Waals surface area contributed by atoms with Crippen molar-refractivity contribution in [3.05, 3.63) is 47.5 Å². The van der Waals surface area contributed by atoms with E-state index in [4.69, 9.17) is 4.74 Å². The van der Waals surface area contributed by atoms with Crippen molar-refractivity contribution in [2.24, 2.45) is 13.0 Å². The Bertz CT molecular complexity index is 797. The number of nitrogens with zero attached hydrogens (tertiary/aromatic N) is 2. The van der Waals surface area contributed by atoms with Crippen molar-refractivity contribution in [1.29, 1.82) is 0 Å². The van der Waals surface area contributed by atoms with Crippen LogP contribution < -0.4 is 15.4 Å². The van der Waals surface area contributed by atoms with Gasteiger partial charge in [-0.3, -0.25) is 9.48 Å². The first kappa shape index (κ1) is 18.7. The number of aryl methyl sites for hydroxylation is 1. The predicted molar refractivity (Wildman–Crippen MR) is 97.0 cm³/mol. The highest BCUT2D eigenvalue weighted by atomic mass is 35.5. The monoisotopic (exact) mass is 380 g/mol. The Morgan fingerprint density at radius 2 is 2.27 bits per heavy atom. The standard InChI is InChI=1S/C18H21FN4O2.ClH/c1-23-10-11(7-21-23)13-8-20-9-14(13)18(24)22-16-5-6-25-17-12(16)3-2-4-15(17)19;/h2-4,7,10,13-14,16,20H,5-6,8-9H2,1H3,(H,22,24);1H/t13-,14+,16-;/m1./s1. The Morgan fingerprint density at radius 1 is 1.42 bits per heavy atom. The summed E-state index contributed by atoms with van der Waals surface area (Å²) in [4.78, 5) is 12.9. The highest BCUT2D eigenvalue weighted by molar-refractivity contribution is 5.85. The second-order valence-corrected chi connectivity index (χ2v) is 6.68. The third-order valence-corrected chi connectivity index (χ3v) is 5.05. The lowest BCUT2D eigenvalue weighted by Gasteiger charge is -2.28. The Morgan fingerprint density at radius 3 is 3.04 bits per heavy atom. The van der Waals surface area contributed by atoms with E-state index in [9.17, 15) is 9.18 Å². The lowest BCUT2D eigenvalue weighted by atomic mass is 9.89. The van der Waals surface area contributed by atoms with Gasteiger partial charge in [-0.1, -0.05) is 12.1 Å². The molecule has 0 aliphatic carbocycles. The summed E-state index contributed by atoms with van der Waals surface area (Å²) in [6.45, 7) is 1.78. The molecule has 140 valence electrons. The van der Waals surface area contributed by atoms with Gasteiger partial charge in [-0.2, -0.15) is 5.10 Å². The van der Waals surface area contributed by atoms with E-state index in [1.165, 1.54) is 6.07 Å². The van der Waals surface area contributed by atoms with Crippen LogP contribution in [0.2, 0.25) is 0 Å². The van der Waals surface area contributed by atoms with Gasteiger partial charge in [0.05, 0.1) is 24.8 Å². The lowest BCUT2D eigenvalue weighted by Crippen LogP contribution is -2.38. The van der Waals surface area contributed by atoms with Crippen LogP contribution in [0.1, 0.15) is 29.5 Å². The number of fused-ring (bicyclic) bond motifs is 1. The average molecular weight is 381 g/mol. The van der Waals surface area contributed by atoms with Crippen molar-refractivity contribution < 1.29 is 13.9 Å². The van der Waals surface area contributed by atoms with Crippen molar-refractivity contribution in [3.63, 3.8) is 0 Å². The van der Waals surface area contributed by atoms with Crippen molar-refractivity contribution in [3.8, 4) is 5.75 Å². The van der Waals surface area contributed by atoms with Gasteiger partial charge in [0, 0.05) is 44.2 Å². The molecule has 1 saturated heterocycles. The molecule has 3 heterocycles. The third-order valence-electron chi connectivity index (χ3n) is 5.05. The molecule has 26 heavy (non-hydrogen) atoms. The van der Waals surface area contributed by atoms with E-state index in [0.717, 1.165) is 12.1 Å². The number of para-hydroxylation sites is 1. The topological polar surface area (TPSA) is 68.2 Å². The first-order valence-corrected chi connectivity index (χ1v) is 8.54. The van der Waals surface area contributed by atoms with Crippen LogP contribution in [0.5, 0.6) is 5.75 Å². The summed E-state index contributed by atoms with van der Waals surface area (Å²) in [5, 5.41) is 10.6. The molecule has 6 nitrogen and oxygen atoms in total. The number of benzene rings is 1. The van der Waals surface area contributed by atoms with Gasteiger partial charge in [0.1, 0.15) is 0 Å². The normalized spacial score (nSPS) is 24.3. The van der Waals surface area contributed by atoms with Crippen LogP contribution in [-0.2, 0) is 11.8 Å². The average Bonchev–Trinajstić information content (AvgIpc) is 3.24. The van der Waals surface area contributed by atoms with Crippen LogP contribution in [-0.4, -0.2) is 35.4 Å². The summed E-state index contributed by atoms with van der Waals surface area (Å²) < 4.78 is 21.1. The highest BCUT2D eigenvalue weighted by Gasteiger charge is 2.36. The van der Waals surface area contributed by atoms with Crippen LogP contribution in [0.4, 0.5) is 4.39 Å². The highest BCUT2D eigenvalue weighted by Crippen LogP contribution is 2.35. The molecule has 2 aliphatic rings. The Kier molecular flexibility index (Phi) is 5.48. The zero-order valence-electron chi connectivity index (χ0n) is 14.4. The first-order valence-electron chi connectivity index (χ1n) is 8.54. The number of hydrogen-bond acceptors (Lipinski definition) is 4. The van der Waals surface area contributed by atoms with E-state index in [1.54, 1.807) is 10.7 Å². The van der Waals surface area contributed by atoms with Crippen molar-refractivity contribution >= 4 is 18.3 Å². The van der Waals surface area contributed by atoms with Crippen molar-refractivity contribution in [2.75, 3.05) is 19.7 Å². The molecular weight excluding hydrogens is 359 g/mol. The molecule has 2 aliphatic heterocycles. The number of carbonyl (C=O) groups is 1. The fourth-order valence-electron chi connectivity index (χ4n) is 3.75. The number of nitrogens with one attached hydrogen (secondary N) is 2. The maximum absolute atomic E-state index is 13.9. The third kappa shape index (κ3) is 3.41. The number of ether oxygens (including phenoxy) is 1. The Hall–Kier alpha value is -2.12. The number of hydrogen-bond donors (Lipinski definition) is 2. The van der Waals surface area contributed by atoms with Crippen molar-refractivity contribution in [1.82, 2.24) is 20.4 Å². The quantitative estimate of drug-likeness (QED) is 0.853. The summed E-state index contributed by atoms with van der Waals surface area (Å²) >= 11 is 0. The van der Waals surface area contributed by atoms with E-state index in [1.807, 2.05) is 25.5 Å². The summed E-state index contributed by atoms with van der Waals surface area (Å²) in [5.74, 6) is -0.204. The van der Waals surface area contributed by atoms with Gasteiger partial charge in [0.25, 0.3) is 0 Å². The fraction of sp³-hybridized carbons (Fsp3) is 0.444. The second kappa shape index (κ2) is 7.63. The van der Waals surface area contributed by atoms with Crippen molar-refractivity contribution in [2.45, 2.75) is 18.4 Å². The van der Waals surface area contributed by atoms with Crippen LogP contribution in [0.15, 0.2) is 30.6 Å². The second-order valence-electron chi connectivity index (χ2n) is 6.68. The Labute approximate surface area is 157 Å². The van der Waals surface area contributed by atoms with Crippen LogP contribution in [0, 0.1) is 11.7 Å². The molecule has 3 atom stereocenters. The van der Waals surface area contributed by atoms with E-state index >= 15 is 0 Å². The molecule has 1 fully saturated rings. The van der Waals surface area contributed by atoms with Gasteiger partial charge in [-0.05, 0) is 11.6 Å².